The lowest BCUT2D eigenvalue weighted by molar-refractivity contribution is -0.168. The normalized spacial score (nSPS) is 25.9. The Kier molecular flexibility index (Phi) is 3.37. The minimum atomic E-state index is 0.0700. The van der Waals surface area contributed by atoms with Gasteiger partial charge in [-0.05, 0) is 29.2 Å². The molecule has 2 atom stereocenters. The van der Waals surface area contributed by atoms with Gasteiger partial charge in [-0.25, -0.2) is 0 Å². The second-order valence-corrected chi connectivity index (χ2v) is 5.54. The monoisotopic (exact) mass is 264 g/mol. The molecule has 0 saturated carbocycles. The molecule has 1 aromatic rings. The lowest BCUT2D eigenvalue weighted by Gasteiger charge is -2.31. The lowest BCUT2D eigenvalue weighted by atomic mass is 9.88. The van der Waals surface area contributed by atoms with Crippen LogP contribution in [0.4, 0.5) is 0 Å². The molecule has 0 amide bonds. The first-order valence-electron chi connectivity index (χ1n) is 6.79. The highest BCUT2D eigenvalue weighted by atomic mass is 16.7. The van der Waals surface area contributed by atoms with Gasteiger partial charge >= 0.3 is 0 Å². The topological polar surface area (TPSA) is 36.9 Å². The van der Waals surface area contributed by atoms with Crippen molar-refractivity contribution in [3.05, 3.63) is 23.3 Å². The molecular formula is C15H20O4. The van der Waals surface area contributed by atoms with E-state index in [0.29, 0.717) is 25.4 Å². The quantitative estimate of drug-likeness (QED) is 0.822. The Bertz CT molecular complexity index is 469. The summed E-state index contributed by atoms with van der Waals surface area (Å²) in [6, 6.07) is 4.16. The molecule has 4 heteroatoms. The van der Waals surface area contributed by atoms with Crippen molar-refractivity contribution in [2.45, 2.75) is 32.8 Å². The van der Waals surface area contributed by atoms with Crippen molar-refractivity contribution in [3.8, 4) is 11.5 Å². The minimum absolute atomic E-state index is 0.0700. The Balaban J connectivity index is 2.03. The smallest absolute Gasteiger partial charge is 0.231 e. The zero-order valence-corrected chi connectivity index (χ0v) is 11.6. The SMILES string of the molecule is CC(C)c1cc2c(cc1C1OCOCC1C)OCO2. The number of benzene rings is 1. The average Bonchev–Trinajstić information content (AvgIpc) is 2.85. The van der Waals surface area contributed by atoms with E-state index in [1.54, 1.807) is 0 Å². The third kappa shape index (κ3) is 2.30. The molecule has 2 unspecified atom stereocenters. The average molecular weight is 264 g/mol. The Morgan fingerprint density at radius 3 is 2.53 bits per heavy atom. The molecule has 3 rings (SSSR count). The van der Waals surface area contributed by atoms with Crippen LogP contribution in [-0.2, 0) is 9.47 Å². The van der Waals surface area contributed by atoms with E-state index < -0.39 is 0 Å². The van der Waals surface area contributed by atoms with Crippen LogP contribution < -0.4 is 9.47 Å². The summed E-state index contributed by atoms with van der Waals surface area (Å²) >= 11 is 0. The van der Waals surface area contributed by atoms with E-state index in [1.165, 1.54) is 11.1 Å². The van der Waals surface area contributed by atoms with Gasteiger partial charge in [-0.2, -0.15) is 0 Å². The summed E-state index contributed by atoms with van der Waals surface area (Å²) in [6.45, 7) is 7.92. The predicted molar refractivity (Wildman–Crippen MR) is 70.5 cm³/mol. The zero-order chi connectivity index (χ0) is 13.4. The highest BCUT2D eigenvalue weighted by Gasteiger charge is 2.29. The second-order valence-electron chi connectivity index (χ2n) is 5.54. The maximum Gasteiger partial charge on any atom is 0.231 e. The van der Waals surface area contributed by atoms with E-state index >= 15 is 0 Å². The fourth-order valence-electron chi connectivity index (χ4n) is 2.72. The first-order valence-corrected chi connectivity index (χ1v) is 6.79. The number of ether oxygens (including phenoxy) is 4. The molecule has 104 valence electrons. The Labute approximate surface area is 113 Å². The molecule has 2 aliphatic rings. The summed E-state index contributed by atoms with van der Waals surface area (Å²) in [6.07, 6.45) is 0.0700. The Morgan fingerprint density at radius 2 is 1.84 bits per heavy atom. The van der Waals surface area contributed by atoms with Gasteiger partial charge in [0.2, 0.25) is 6.79 Å². The molecule has 2 heterocycles. The molecule has 0 bridgehead atoms. The first kappa shape index (κ1) is 12.8. The largest absolute Gasteiger partial charge is 0.454 e. The zero-order valence-electron chi connectivity index (χ0n) is 11.6. The van der Waals surface area contributed by atoms with Gasteiger partial charge in [0, 0.05) is 5.92 Å². The van der Waals surface area contributed by atoms with E-state index in [4.69, 9.17) is 18.9 Å². The highest BCUT2D eigenvalue weighted by molar-refractivity contribution is 5.50. The Morgan fingerprint density at radius 1 is 1.11 bits per heavy atom. The number of fused-ring (bicyclic) bond motifs is 1. The number of hydrogen-bond donors (Lipinski definition) is 0. The molecule has 0 radical (unpaired) electrons. The van der Waals surface area contributed by atoms with Crippen molar-refractivity contribution in [1.29, 1.82) is 0 Å². The molecule has 1 saturated heterocycles. The van der Waals surface area contributed by atoms with Crippen LogP contribution in [0.3, 0.4) is 0 Å². The van der Waals surface area contributed by atoms with Gasteiger partial charge in [0.15, 0.2) is 11.5 Å². The Hall–Kier alpha value is -1.26. The van der Waals surface area contributed by atoms with Crippen LogP contribution in [0.1, 0.15) is 43.9 Å². The van der Waals surface area contributed by atoms with E-state index in [1.807, 2.05) is 0 Å². The molecule has 4 nitrogen and oxygen atoms in total. The van der Waals surface area contributed by atoms with Gasteiger partial charge in [-0.1, -0.05) is 20.8 Å². The van der Waals surface area contributed by atoms with Gasteiger partial charge in [-0.15, -0.1) is 0 Å². The van der Waals surface area contributed by atoms with Crippen molar-refractivity contribution in [3.63, 3.8) is 0 Å². The van der Waals surface area contributed by atoms with E-state index in [-0.39, 0.29) is 6.10 Å². The predicted octanol–water partition coefficient (Wildman–Crippen LogP) is 3.22. The van der Waals surface area contributed by atoms with Crippen molar-refractivity contribution in [2.24, 2.45) is 5.92 Å². The summed E-state index contributed by atoms with van der Waals surface area (Å²) < 4.78 is 22.1. The number of rotatable bonds is 2. The molecule has 2 aliphatic heterocycles. The third-order valence-corrected chi connectivity index (χ3v) is 3.74. The third-order valence-electron chi connectivity index (χ3n) is 3.74. The van der Waals surface area contributed by atoms with Crippen molar-refractivity contribution < 1.29 is 18.9 Å². The van der Waals surface area contributed by atoms with E-state index in [9.17, 15) is 0 Å². The maximum atomic E-state index is 5.81. The minimum Gasteiger partial charge on any atom is -0.454 e. The fraction of sp³-hybridized carbons (Fsp3) is 0.600. The molecule has 0 aromatic heterocycles. The van der Waals surface area contributed by atoms with Crippen molar-refractivity contribution in [1.82, 2.24) is 0 Å². The number of hydrogen-bond acceptors (Lipinski definition) is 4. The highest BCUT2D eigenvalue weighted by Crippen LogP contribution is 2.42. The van der Waals surface area contributed by atoms with Crippen LogP contribution in [0.5, 0.6) is 11.5 Å². The van der Waals surface area contributed by atoms with Gasteiger partial charge in [0.1, 0.15) is 6.79 Å². The van der Waals surface area contributed by atoms with Gasteiger partial charge < -0.3 is 18.9 Å². The summed E-state index contributed by atoms with van der Waals surface area (Å²) in [5.74, 6) is 2.42. The molecule has 1 aromatic carbocycles. The van der Waals surface area contributed by atoms with Crippen LogP contribution >= 0.6 is 0 Å². The van der Waals surface area contributed by atoms with Gasteiger partial charge in [-0.3, -0.25) is 0 Å². The summed E-state index contributed by atoms with van der Waals surface area (Å²) in [7, 11) is 0. The van der Waals surface area contributed by atoms with Crippen LogP contribution in [-0.4, -0.2) is 20.2 Å². The van der Waals surface area contributed by atoms with Crippen LogP contribution in [0.2, 0.25) is 0 Å². The molecule has 1 fully saturated rings. The van der Waals surface area contributed by atoms with Crippen molar-refractivity contribution in [2.75, 3.05) is 20.2 Å². The summed E-state index contributed by atoms with van der Waals surface area (Å²) in [5.41, 5.74) is 2.47. The molecule has 0 spiro atoms. The second kappa shape index (κ2) is 5.02. The van der Waals surface area contributed by atoms with E-state index in [2.05, 4.69) is 32.9 Å². The van der Waals surface area contributed by atoms with Crippen LogP contribution in [0.15, 0.2) is 12.1 Å². The first-order chi connectivity index (χ1) is 9.16. The fourth-order valence-corrected chi connectivity index (χ4v) is 2.72. The molecule has 0 aliphatic carbocycles. The molecule has 19 heavy (non-hydrogen) atoms. The molecule has 0 N–H and O–H groups in total. The van der Waals surface area contributed by atoms with Crippen LogP contribution in [0, 0.1) is 5.92 Å². The maximum absolute atomic E-state index is 5.81. The van der Waals surface area contributed by atoms with Gasteiger partial charge in [0.25, 0.3) is 0 Å². The summed E-state index contributed by atoms with van der Waals surface area (Å²) in [5, 5.41) is 0. The van der Waals surface area contributed by atoms with Crippen LogP contribution in [0.25, 0.3) is 0 Å². The standard InChI is InChI=1S/C15H20O4/c1-9(2)11-4-13-14(18-8-17-13)5-12(11)15-10(3)6-16-7-19-15/h4-5,9-10,15H,6-8H2,1-3H3. The van der Waals surface area contributed by atoms with Gasteiger partial charge in [0.05, 0.1) is 12.7 Å². The van der Waals surface area contributed by atoms with E-state index in [0.717, 1.165) is 18.1 Å². The van der Waals surface area contributed by atoms with Crippen molar-refractivity contribution >= 4 is 0 Å². The lowest BCUT2D eigenvalue weighted by Crippen LogP contribution is -2.26. The molecular weight excluding hydrogens is 244 g/mol. The summed E-state index contributed by atoms with van der Waals surface area (Å²) in [4.78, 5) is 0.